The molecule has 0 N–H and O–H groups in total. The second-order valence-electron chi connectivity index (χ2n) is 6.14. The van der Waals surface area contributed by atoms with Gasteiger partial charge in [-0.05, 0) is 36.2 Å². The van der Waals surface area contributed by atoms with E-state index in [1.165, 1.54) is 44.9 Å². The molecule has 2 rings (SSSR count). The van der Waals surface area contributed by atoms with Crippen LogP contribution < -0.4 is 0 Å². The van der Waals surface area contributed by atoms with Crippen molar-refractivity contribution in [3.05, 3.63) is 35.9 Å². The third-order valence-corrected chi connectivity index (χ3v) is 4.40. The molecule has 0 bridgehead atoms. The van der Waals surface area contributed by atoms with Gasteiger partial charge in [0.15, 0.2) is 0 Å². The maximum Gasteiger partial charge on any atom is -0.00469 e. The molecule has 0 atom stereocenters. The molecule has 94 valence electrons. The van der Waals surface area contributed by atoms with E-state index in [9.17, 15) is 0 Å². The van der Waals surface area contributed by atoms with Crippen LogP contribution in [-0.4, -0.2) is 0 Å². The monoisotopic (exact) mass is 230 g/mol. The zero-order valence-electron chi connectivity index (χ0n) is 11.4. The van der Waals surface area contributed by atoms with Crippen LogP contribution in [0.25, 0.3) is 0 Å². The molecule has 1 fully saturated rings. The Morgan fingerprint density at radius 2 is 1.65 bits per heavy atom. The fraction of sp³-hybridized carbons (Fsp3) is 0.647. The van der Waals surface area contributed by atoms with Crippen LogP contribution in [0.3, 0.4) is 0 Å². The molecule has 0 aliphatic heterocycles. The van der Waals surface area contributed by atoms with Crippen molar-refractivity contribution in [1.29, 1.82) is 0 Å². The average Bonchev–Trinajstić information content (AvgIpc) is 2.39. The zero-order valence-corrected chi connectivity index (χ0v) is 11.4. The molecule has 1 aromatic rings. The van der Waals surface area contributed by atoms with E-state index in [1.54, 1.807) is 5.56 Å². The molecule has 0 spiro atoms. The van der Waals surface area contributed by atoms with Crippen LogP contribution in [0.4, 0.5) is 0 Å². The summed E-state index contributed by atoms with van der Waals surface area (Å²) in [5.41, 5.74) is 2.10. The molecule has 0 amide bonds. The Morgan fingerprint density at radius 3 is 2.24 bits per heavy atom. The molecule has 0 radical (unpaired) electrons. The highest BCUT2D eigenvalue weighted by molar-refractivity contribution is 5.25. The highest BCUT2D eigenvalue weighted by Gasteiger charge is 2.33. The summed E-state index contributed by atoms with van der Waals surface area (Å²) >= 11 is 0. The normalized spacial score (nSPS) is 19.5. The Hall–Kier alpha value is -0.780. The molecule has 1 aromatic carbocycles. The van der Waals surface area contributed by atoms with Crippen LogP contribution in [0.15, 0.2) is 30.3 Å². The SMILES string of the molecule is CC(C)CCC1(c2ccccc2)CCCCC1. The first-order valence-electron chi connectivity index (χ1n) is 7.28. The van der Waals surface area contributed by atoms with Crippen molar-refractivity contribution < 1.29 is 0 Å². The van der Waals surface area contributed by atoms with Crippen molar-refractivity contribution in [3.63, 3.8) is 0 Å². The van der Waals surface area contributed by atoms with Gasteiger partial charge in [0.2, 0.25) is 0 Å². The minimum absolute atomic E-state index is 0.504. The van der Waals surface area contributed by atoms with Gasteiger partial charge >= 0.3 is 0 Å². The maximum absolute atomic E-state index is 2.35. The van der Waals surface area contributed by atoms with E-state index in [2.05, 4.69) is 44.2 Å². The molecule has 0 heterocycles. The molecule has 0 nitrogen and oxygen atoms in total. The van der Waals surface area contributed by atoms with Crippen LogP contribution in [0.1, 0.15) is 64.4 Å². The fourth-order valence-corrected chi connectivity index (χ4v) is 3.27. The minimum Gasteiger partial charge on any atom is -0.0628 e. The summed E-state index contributed by atoms with van der Waals surface area (Å²) in [6, 6.07) is 11.3. The van der Waals surface area contributed by atoms with E-state index in [0.29, 0.717) is 5.41 Å². The second kappa shape index (κ2) is 5.71. The average molecular weight is 230 g/mol. The van der Waals surface area contributed by atoms with Gasteiger partial charge in [-0.3, -0.25) is 0 Å². The van der Waals surface area contributed by atoms with Crippen molar-refractivity contribution >= 4 is 0 Å². The smallest absolute Gasteiger partial charge is 0.00469 e. The van der Waals surface area contributed by atoms with Crippen LogP contribution >= 0.6 is 0 Å². The van der Waals surface area contributed by atoms with Gasteiger partial charge in [-0.1, -0.05) is 69.9 Å². The highest BCUT2D eigenvalue weighted by Crippen LogP contribution is 2.43. The van der Waals surface area contributed by atoms with Crippen molar-refractivity contribution in [2.24, 2.45) is 5.92 Å². The summed E-state index contributed by atoms with van der Waals surface area (Å²) < 4.78 is 0. The summed E-state index contributed by atoms with van der Waals surface area (Å²) in [5.74, 6) is 0.831. The van der Waals surface area contributed by atoms with E-state index >= 15 is 0 Å². The highest BCUT2D eigenvalue weighted by atomic mass is 14.4. The number of hydrogen-bond donors (Lipinski definition) is 0. The van der Waals surface area contributed by atoms with Crippen molar-refractivity contribution in [1.82, 2.24) is 0 Å². The lowest BCUT2D eigenvalue weighted by atomic mass is 9.66. The van der Waals surface area contributed by atoms with Gasteiger partial charge in [0.25, 0.3) is 0 Å². The van der Waals surface area contributed by atoms with E-state index in [1.807, 2.05) is 0 Å². The Morgan fingerprint density at radius 1 is 1.00 bits per heavy atom. The second-order valence-corrected chi connectivity index (χ2v) is 6.14. The van der Waals surface area contributed by atoms with Gasteiger partial charge in [-0.15, -0.1) is 0 Å². The molecule has 1 saturated carbocycles. The summed E-state index contributed by atoms with van der Waals surface area (Å²) in [5, 5.41) is 0. The van der Waals surface area contributed by atoms with E-state index < -0.39 is 0 Å². The van der Waals surface area contributed by atoms with Gasteiger partial charge in [-0.2, -0.15) is 0 Å². The lowest BCUT2D eigenvalue weighted by molar-refractivity contribution is 0.257. The predicted octanol–water partition coefficient (Wildman–Crippen LogP) is 5.32. The van der Waals surface area contributed by atoms with Crippen molar-refractivity contribution in [2.45, 2.75) is 64.2 Å². The predicted molar refractivity (Wildman–Crippen MR) is 75.3 cm³/mol. The number of benzene rings is 1. The topological polar surface area (TPSA) is 0 Å². The van der Waals surface area contributed by atoms with Crippen molar-refractivity contribution in [3.8, 4) is 0 Å². The van der Waals surface area contributed by atoms with E-state index in [0.717, 1.165) is 5.92 Å². The Labute approximate surface area is 106 Å². The number of rotatable bonds is 4. The van der Waals surface area contributed by atoms with Crippen LogP contribution in [0, 0.1) is 5.92 Å². The molecule has 17 heavy (non-hydrogen) atoms. The zero-order chi connectivity index (χ0) is 12.1. The molecular weight excluding hydrogens is 204 g/mol. The maximum atomic E-state index is 2.35. The van der Waals surface area contributed by atoms with Gasteiger partial charge in [0.1, 0.15) is 0 Å². The lowest BCUT2D eigenvalue weighted by Gasteiger charge is -2.38. The van der Waals surface area contributed by atoms with Crippen LogP contribution in [-0.2, 0) is 5.41 Å². The first-order valence-corrected chi connectivity index (χ1v) is 7.28. The molecular formula is C17H26. The summed E-state index contributed by atoms with van der Waals surface area (Å²) in [4.78, 5) is 0. The molecule has 1 aliphatic rings. The van der Waals surface area contributed by atoms with Gasteiger partial charge in [0.05, 0.1) is 0 Å². The minimum atomic E-state index is 0.504. The molecule has 0 heteroatoms. The lowest BCUT2D eigenvalue weighted by Crippen LogP contribution is -2.29. The Kier molecular flexibility index (Phi) is 4.25. The Balaban J connectivity index is 2.17. The molecule has 1 aliphatic carbocycles. The quantitative estimate of drug-likeness (QED) is 0.656. The van der Waals surface area contributed by atoms with Crippen LogP contribution in [0.5, 0.6) is 0 Å². The number of hydrogen-bond acceptors (Lipinski definition) is 0. The summed E-state index contributed by atoms with van der Waals surface area (Å²) in [7, 11) is 0. The summed E-state index contributed by atoms with van der Waals surface area (Å²) in [6.45, 7) is 4.70. The van der Waals surface area contributed by atoms with Crippen molar-refractivity contribution in [2.75, 3.05) is 0 Å². The fourth-order valence-electron chi connectivity index (χ4n) is 3.27. The first-order chi connectivity index (χ1) is 8.23. The third kappa shape index (κ3) is 3.12. The largest absolute Gasteiger partial charge is 0.0628 e. The van der Waals surface area contributed by atoms with E-state index in [4.69, 9.17) is 0 Å². The van der Waals surface area contributed by atoms with Gasteiger partial charge < -0.3 is 0 Å². The third-order valence-electron chi connectivity index (χ3n) is 4.40. The first kappa shape index (κ1) is 12.7. The molecule has 0 saturated heterocycles. The van der Waals surface area contributed by atoms with E-state index in [-0.39, 0.29) is 0 Å². The molecule has 0 aromatic heterocycles. The van der Waals surface area contributed by atoms with Gasteiger partial charge in [-0.25, -0.2) is 0 Å². The Bertz CT molecular complexity index is 317. The molecule has 0 unspecified atom stereocenters. The van der Waals surface area contributed by atoms with Crippen LogP contribution in [0.2, 0.25) is 0 Å². The standard InChI is InChI=1S/C17H26/c1-15(2)11-14-17(12-7-4-8-13-17)16-9-5-3-6-10-16/h3,5-6,9-10,15H,4,7-8,11-14H2,1-2H3. The van der Waals surface area contributed by atoms with Gasteiger partial charge in [0, 0.05) is 0 Å². The summed E-state index contributed by atoms with van der Waals surface area (Å²) in [6.07, 6.45) is 9.85.